The largest absolute Gasteiger partial charge is 0.390 e. The molecule has 1 nitrogen and oxygen atoms in total. The maximum absolute atomic E-state index is 11.0. The molecule has 1 heteroatoms. The van der Waals surface area contributed by atoms with E-state index in [-0.39, 0.29) is 5.60 Å². The summed E-state index contributed by atoms with van der Waals surface area (Å²) in [6, 6.07) is 0. The highest BCUT2D eigenvalue weighted by Gasteiger charge is 2.61. The average Bonchev–Trinajstić information content (AvgIpc) is 2.33. The Morgan fingerprint density at radius 3 is 2.50 bits per heavy atom. The quantitative estimate of drug-likeness (QED) is 0.662. The molecule has 0 spiro atoms. The molecule has 2 bridgehead atoms. The molecule has 1 N–H and O–H groups in total. The monoisotopic (exact) mass is 222 g/mol. The minimum absolute atomic E-state index is 0.313. The molecule has 16 heavy (non-hydrogen) atoms. The van der Waals surface area contributed by atoms with Crippen molar-refractivity contribution in [1.29, 1.82) is 0 Å². The molecule has 0 aliphatic heterocycles. The second kappa shape index (κ2) is 3.04. The highest BCUT2D eigenvalue weighted by Crippen LogP contribution is 2.66. The van der Waals surface area contributed by atoms with Gasteiger partial charge in [-0.2, -0.15) is 0 Å². The van der Waals surface area contributed by atoms with E-state index in [1.54, 1.807) is 0 Å². The minimum Gasteiger partial charge on any atom is -0.390 e. The van der Waals surface area contributed by atoms with Crippen LogP contribution in [0, 0.1) is 22.7 Å². The molecule has 0 saturated heterocycles. The topological polar surface area (TPSA) is 20.2 Å². The second-order valence-electron chi connectivity index (χ2n) is 7.64. The van der Waals surface area contributed by atoms with Crippen molar-refractivity contribution in [3.8, 4) is 0 Å². The average molecular weight is 222 g/mol. The molecule has 0 aromatic rings. The Hall–Kier alpha value is -0.0400. The van der Waals surface area contributed by atoms with Gasteiger partial charge in [0.2, 0.25) is 0 Å². The smallest absolute Gasteiger partial charge is 0.0684 e. The van der Waals surface area contributed by atoms with Crippen LogP contribution in [0.25, 0.3) is 0 Å². The summed E-state index contributed by atoms with van der Waals surface area (Å²) in [4.78, 5) is 0. The lowest BCUT2D eigenvalue weighted by Gasteiger charge is -2.48. The maximum atomic E-state index is 11.0. The first-order valence-electron chi connectivity index (χ1n) is 7.10. The Balaban J connectivity index is 2.03. The third-order valence-electron chi connectivity index (χ3n) is 6.58. The first-order valence-corrected chi connectivity index (χ1v) is 7.10. The molecule has 3 fully saturated rings. The van der Waals surface area contributed by atoms with Crippen LogP contribution < -0.4 is 0 Å². The van der Waals surface area contributed by atoms with Gasteiger partial charge < -0.3 is 5.11 Å². The fourth-order valence-electron chi connectivity index (χ4n) is 5.20. The van der Waals surface area contributed by atoms with Gasteiger partial charge in [-0.25, -0.2) is 0 Å². The Morgan fingerprint density at radius 1 is 1.00 bits per heavy atom. The third kappa shape index (κ3) is 1.27. The van der Waals surface area contributed by atoms with Crippen LogP contribution in [-0.2, 0) is 0 Å². The van der Waals surface area contributed by atoms with Crippen molar-refractivity contribution >= 4 is 0 Å². The summed E-state index contributed by atoms with van der Waals surface area (Å²) >= 11 is 0. The Bertz CT molecular complexity index is 313. The summed E-state index contributed by atoms with van der Waals surface area (Å²) in [6.45, 7) is 7.28. The molecular weight excluding hydrogens is 196 g/mol. The van der Waals surface area contributed by atoms with Crippen LogP contribution in [0.15, 0.2) is 0 Å². The molecule has 5 atom stereocenters. The molecule has 5 unspecified atom stereocenters. The van der Waals surface area contributed by atoms with Gasteiger partial charge in [0.05, 0.1) is 5.60 Å². The summed E-state index contributed by atoms with van der Waals surface area (Å²) in [5, 5.41) is 11.0. The Morgan fingerprint density at radius 2 is 1.75 bits per heavy atom. The lowest BCUT2D eigenvalue weighted by atomic mass is 9.57. The summed E-state index contributed by atoms with van der Waals surface area (Å²) in [5.74, 6) is 1.29. The van der Waals surface area contributed by atoms with Gasteiger partial charge in [0.1, 0.15) is 0 Å². The van der Waals surface area contributed by atoms with Crippen molar-refractivity contribution in [1.82, 2.24) is 0 Å². The van der Waals surface area contributed by atoms with Gasteiger partial charge in [0.25, 0.3) is 0 Å². The molecule has 0 amide bonds. The fraction of sp³-hybridized carbons (Fsp3) is 1.00. The molecule has 0 radical (unpaired) electrons. The summed E-state index contributed by atoms with van der Waals surface area (Å²) in [7, 11) is 0. The van der Waals surface area contributed by atoms with Crippen LogP contribution in [0.2, 0.25) is 0 Å². The predicted molar refractivity (Wildman–Crippen MR) is 66.1 cm³/mol. The van der Waals surface area contributed by atoms with E-state index in [1.165, 1.54) is 32.1 Å². The first kappa shape index (κ1) is 11.1. The molecule has 0 aromatic heterocycles. The Kier molecular flexibility index (Phi) is 2.11. The number of rotatable bonds is 0. The maximum Gasteiger partial charge on any atom is 0.0684 e. The van der Waals surface area contributed by atoms with E-state index in [1.807, 2.05) is 0 Å². The molecule has 92 valence electrons. The normalized spacial score (nSPS) is 60.8. The van der Waals surface area contributed by atoms with Gasteiger partial charge in [0.15, 0.2) is 0 Å². The standard InChI is InChI=1S/C15H26O/c1-11-9-15(16)6-4-5-13(2)7-8-14(11,3)12(15)10-13/h11-12,16H,4-10H2,1-3H3. The van der Waals surface area contributed by atoms with Gasteiger partial charge in [-0.05, 0) is 61.2 Å². The zero-order chi connectivity index (χ0) is 11.6. The van der Waals surface area contributed by atoms with Crippen molar-refractivity contribution in [2.24, 2.45) is 22.7 Å². The van der Waals surface area contributed by atoms with E-state index >= 15 is 0 Å². The van der Waals surface area contributed by atoms with Crippen molar-refractivity contribution in [3.05, 3.63) is 0 Å². The number of hydrogen-bond donors (Lipinski definition) is 1. The van der Waals surface area contributed by atoms with Gasteiger partial charge in [0, 0.05) is 0 Å². The van der Waals surface area contributed by atoms with E-state index in [0.29, 0.717) is 22.7 Å². The highest BCUT2D eigenvalue weighted by atomic mass is 16.3. The Labute approximate surface area is 99.6 Å². The van der Waals surface area contributed by atoms with Crippen LogP contribution in [0.3, 0.4) is 0 Å². The van der Waals surface area contributed by atoms with Crippen LogP contribution in [0.5, 0.6) is 0 Å². The van der Waals surface area contributed by atoms with E-state index in [9.17, 15) is 5.11 Å². The molecular formula is C15H26O. The van der Waals surface area contributed by atoms with E-state index in [4.69, 9.17) is 0 Å². The second-order valence-corrected chi connectivity index (χ2v) is 7.64. The van der Waals surface area contributed by atoms with Crippen LogP contribution in [-0.4, -0.2) is 10.7 Å². The van der Waals surface area contributed by atoms with Gasteiger partial charge in [-0.1, -0.05) is 27.2 Å². The lowest BCUT2D eigenvalue weighted by molar-refractivity contribution is -0.0611. The number of aliphatic hydroxyl groups is 1. The van der Waals surface area contributed by atoms with E-state index in [0.717, 1.165) is 12.8 Å². The lowest BCUT2D eigenvalue weighted by Crippen LogP contribution is -2.44. The predicted octanol–water partition coefficient (Wildman–Crippen LogP) is 3.75. The summed E-state index contributed by atoms with van der Waals surface area (Å²) in [5.41, 5.74) is 0.656. The van der Waals surface area contributed by atoms with Crippen molar-refractivity contribution < 1.29 is 5.11 Å². The van der Waals surface area contributed by atoms with Crippen molar-refractivity contribution in [2.75, 3.05) is 0 Å². The zero-order valence-electron chi connectivity index (χ0n) is 11.1. The zero-order valence-corrected chi connectivity index (χ0v) is 11.1. The van der Waals surface area contributed by atoms with Crippen LogP contribution in [0.1, 0.15) is 65.7 Å². The third-order valence-corrected chi connectivity index (χ3v) is 6.58. The van der Waals surface area contributed by atoms with E-state index < -0.39 is 0 Å². The van der Waals surface area contributed by atoms with Gasteiger partial charge in [-0.15, -0.1) is 0 Å². The van der Waals surface area contributed by atoms with Gasteiger partial charge in [-0.3, -0.25) is 0 Å². The SMILES string of the molecule is CC1CC2(O)CCCC3(C)CCC1(C)C2C3. The summed E-state index contributed by atoms with van der Waals surface area (Å²) in [6.07, 6.45) is 8.72. The van der Waals surface area contributed by atoms with E-state index in [2.05, 4.69) is 20.8 Å². The molecule has 3 aliphatic carbocycles. The van der Waals surface area contributed by atoms with Crippen molar-refractivity contribution in [2.45, 2.75) is 71.3 Å². The molecule has 3 rings (SSSR count). The minimum atomic E-state index is -0.313. The summed E-state index contributed by atoms with van der Waals surface area (Å²) < 4.78 is 0. The number of hydrogen-bond acceptors (Lipinski definition) is 1. The highest BCUT2D eigenvalue weighted by molar-refractivity contribution is 5.12. The molecule has 3 saturated carbocycles. The number of fused-ring (bicyclic) bond motifs is 1. The molecule has 3 aliphatic rings. The van der Waals surface area contributed by atoms with Gasteiger partial charge >= 0.3 is 0 Å². The first-order chi connectivity index (χ1) is 7.38. The van der Waals surface area contributed by atoms with Crippen LogP contribution in [0.4, 0.5) is 0 Å². The van der Waals surface area contributed by atoms with Crippen LogP contribution >= 0.6 is 0 Å². The molecule has 0 aromatic carbocycles. The fourth-order valence-corrected chi connectivity index (χ4v) is 5.20. The van der Waals surface area contributed by atoms with Crippen molar-refractivity contribution in [3.63, 3.8) is 0 Å². The molecule has 0 heterocycles.